The Bertz CT molecular complexity index is 1440. The van der Waals surface area contributed by atoms with Gasteiger partial charge in [-0.05, 0) is 43.4 Å². The minimum atomic E-state index is -1.48. The van der Waals surface area contributed by atoms with Crippen molar-refractivity contribution >= 4 is 35.1 Å². The predicted octanol–water partition coefficient (Wildman–Crippen LogP) is 4.54. The molecular formula is C33H35ClN2O6. The summed E-state index contributed by atoms with van der Waals surface area (Å²) in [5, 5.41) is 11.1. The van der Waals surface area contributed by atoms with Crippen LogP contribution in [0.3, 0.4) is 0 Å². The summed E-state index contributed by atoms with van der Waals surface area (Å²) >= 11 is 6.66. The van der Waals surface area contributed by atoms with Gasteiger partial charge in [0, 0.05) is 6.54 Å². The third-order valence-electron chi connectivity index (χ3n) is 9.22. The van der Waals surface area contributed by atoms with Crippen LogP contribution in [0.25, 0.3) is 0 Å². The highest BCUT2D eigenvalue weighted by Gasteiger charge is 2.76. The van der Waals surface area contributed by atoms with E-state index >= 15 is 0 Å². The quantitative estimate of drug-likeness (QED) is 0.406. The van der Waals surface area contributed by atoms with E-state index in [1.807, 2.05) is 74.5 Å². The maximum atomic E-state index is 14.9. The topological polar surface area (TPSA) is 96.4 Å². The van der Waals surface area contributed by atoms with Crippen LogP contribution >= 0.6 is 11.6 Å². The zero-order valence-corrected chi connectivity index (χ0v) is 24.5. The van der Waals surface area contributed by atoms with E-state index in [4.69, 9.17) is 21.1 Å². The van der Waals surface area contributed by atoms with Gasteiger partial charge in [-0.2, -0.15) is 0 Å². The lowest BCUT2D eigenvalue weighted by Gasteiger charge is -2.41. The highest BCUT2D eigenvalue weighted by Crippen LogP contribution is 2.59. The summed E-state index contributed by atoms with van der Waals surface area (Å²) in [6, 6.07) is 12.5. The largest absolute Gasteiger partial charge is 0.465 e. The Morgan fingerprint density at radius 3 is 2.52 bits per heavy atom. The molecule has 0 aromatic heterocycles. The maximum absolute atomic E-state index is 14.9. The van der Waals surface area contributed by atoms with Crippen LogP contribution in [0.5, 0.6) is 0 Å². The Labute approximate surface area is 250 Å². The van der Waals surface area contributed by atoms with Gasteiger partial charge in [0.25, 0.3) is 5.91 Å². The second-order valence-electron chi connectivity index (χ2n) is 11.4. The fraction of sp³-hybridized carbons (Fsp3) is 0.424. The fourth-order valence-corrected chi connectivity index (χ4v) is 7.67. The summed E-state index contributed by atoms with van der Waals surface area (Å²) in [6.07, 6.45) is 9.26. The van der Waals surface area contributed by atoms with Gasteiger partial charge >= 0.3 is 5.97 Å². The van der Waals surface area contributed by atoms with Crippen LogP contribution in [0.2, 0.25) is 5.02 Å². The summed E-state index contributed by atoms with van der Waals surface area (Å²) < 4.78 is 12.7. The molecule has 8 nitrogen and oxygen atoms in total. The summed E-state index contributed by atoms with van der Waals surface area (Å²) in [7, 11) is 0. The fourth-order valence-electron chi connectivity index (χ4n) is 7.34. The van der Waals surface area contributed by atoms with Crippen LogP contribution < -0.4 is 4.90 Å². The van der Waals surface area contributed by atoms with Gasteiger partial charge in [0.2, 0.25) is 5.91 Å². The van der Waals surface area contributed by atoms with Gasteiger partial charge in [-0.1, -0.05) is 85.3 Å². The Balaban J connectivity index is 1.58. The van der Waals surface area contributed by atoms with E-state index in [0.717, 1.165) is 5.56 Å². The number of fused-ring (bicyclic) bond motifs is 2. The van der Waals surface area contributed by atoms with Crippen molar-refractivity contribution in [3.8, 4) is 0 Å². The molecule has 0 bridgehead atoms. The van der Waals surface area contributed by atoms with E-state index in [2.05, 4.69) is 0 Å². The Morgan fingerprint density at radius 2 is 1.81 bits per heavy atom. The normalized spacial score (nSPS) is 32.2. The molecule has 4 aliphatic rings. The van der Waals surface area contributed by atoms with E-state index in [1.165, 1.54) is 4.90 Å². The molecule has 42 heavy (non-hydrogen) atoms. The van der Waals surface area contributed by atoms with Crippen LogP contribution in [0, 0.1) is 18.8 Å². The molecule has 220 valence electrons. The Morgan fingerprint density at radius 1 is 1.02 bits per heavy atom. The molecule has 2 aromatic carbocycles. The van der Waals surface area contributed by atoms with E-state index in [0.29, 0.717) is 35.5 Å². The number of aliphatic hydroxyl groups excluding tert-OH is 1. The number of amides is 2. The van der Waals surface area contributed by atoms with Gasteiger partial charge in [-0.25, -0.2) is 0 Å². The second kappa shape index (κ2) is 11.0. The molecule has 2 fully saturated rings. The lowest BCUT2D eigenvalue weighted by atomic mass is 9.73. The van der Waals surface area contributed by atoms with E-state index < -0.39 is 59.5 Å². The van der Waals surface area contributed by atoms with Crippen LogP contribution in [0.4, 0.5) is 5.69 Å². The molecule has 4 heterocycles. The summed E-state index contributed by atoms with van der Waals surface area (Å²) in [6.45, 7) is 3.80. The predicted molar refractivity (Wildman–Crippen MR) is 158 cm³/mol. The minimum absolute atomic E-state index is 0.193. The summed E-state index contributed by atoms with van der Waals surface area (Å²) in [5.41, 5.74) is -0.608. The first-order valence-corrected chi connectivity index (χ1v) is 14.9. The second-order valence-corrected chi connectivity index (χ2v) is 11.9. The highest BCUT2D eigenvalue weighted by molar-refractivity contribution is 6.34. The molecule has 2 aromatic rings. The van der Waals surface area contributed by atoms with Gasteiger partial charge in [-0.15, -0.1) is 0 Å². The number of benzene rings is 2. The zero-order chi connectivity index (χ0) is 29.6. The summed E-state index contributed by atoms with van der Waals surface area (Å²) in [5.74, 6) is -3.34. The smallest absolute Gasteiger partial charge is 0.313 e. The molecule has 0 saturated carbocycles. The summed E-state index contributed by atoms with van der Waals surface area (Å²) in [4.78, 5) is 46.5. The Kier molecular flexibility index (Phi) is 7.50. The third kappa shape index (κ3) is 4.22. The molecular weight excluding hydrogens is 556 g/mol. The molecule has 2 amide bonds. The molecule has 1 N–H and O–H groups in total. The number of nitrogens with zero attached hydrogens (tertiary/aromatic N) is 2. The number of carbonyl (C=O) groups excluding carboxylic acids is 3. The van der Waals surface area contributed by atoms with Gasteiger partial charge in [0.1, 0.15) is 23.2 Å². The van der Waals surface area contributed by atoms with Crippen LogP contribution in [0.1, 0.15) is 43.4 Å². The average Bonchev–Trinajstić information content (AvgIpc) is 3.37. The first-order chi connectivity index (χ1) is 20.3. The van der Waals surface area contributed by atoms with Crippen molar-refractivity contribution in [3.63, 3.8) is 0 Å². The number of anilines is 1. The van der Waals surface area contributed by atoms with E-state index in [9.17, 15) is 19.5 Å². The number of likely N-dealkylation sites (tertiary alicyclic amines) is 1. The molecule has 6 rings (SSSR count). The number of esters is 1. The monoisotopic (exact) mass is 590 g/mol. The number of cyclic esters (lactones) is 1. The molecule has 2 saturated heterocycles. The number of aliphatic hydroxyl groups is 1. The lowest BCUT2D eigenvalue weighted by molar-refractivity contribution is -0.161. The van der Waals surface area contributed by atoms with Gasteiger partial charge in [0.15, 0.2) is 0 Å². The molecule has 6 atom stereocenters. The van der Waals surface area contributed by atoms with Crippen LogP contribution in [-0.2, 0) is 23.9 Å². The SMILES string of the molecule is CC[C@@]12/C=C\CCCOC(=O)[C@@H]1[C@H]1C(=O)N([C@H](CO)c3ccccc3)C3C(=O)N(c4c(C)cccc4Cl)CC=C[C@@]31O2. The standard InChI is InChI=1S/C33H35ClN2O6/c1-3-32-16-8-5-9-19-41-31(40)26(32)25-29(38)36(24(20-37)22-13-6-4-7-14-22)28-30(39)35(18-11-17-33(25,28)42-32)27-21(2)12-10-15-23(27)34/h4,6-8,10-17,24-26,28,37H,3,5,9,18-20H2,1-2H3/b16-8-/t24-,25+,26+,28?,32-,33+/m1/s1. The number of hydrogen-bond acceptors (Lipinski definition) is 6. The van der Waals surface area contributed by atoms with Gasteiger partial charge in [0.05, 0.1) is 35.9 Å². The Hall–Kier alpha value is -3.46. The molecule has 0 radical (unpaired) electrons. The van der Waals surface area contributed by atoms with Crippen molar-refractivity contribution in [2.24, 2.45) is 11.8 Å². The molecule has 4 aliphatic heterocycles. The number of allylic oxidation sites excluding steroid dienone is 1. The highest BCUT2D eigenvalue weighted by atomic mass is 35.5. The number of halogens is 1. The number of para-hydroxylation sites is 1. The average molecular weight is 591 g/mol. The first-order valence-electron chi connectivity index (χ1n) is 14.6. The third-order valence-corrected chi connectivity index (χ3v) is 9.53. The van der Waals surface area contributed by atoms with E-state index in [1.54, 1.807) is 17.0 Å². The van der Waals surface area contributed by atoms with Gasteiger partial charge in [-0.3, -0.25) is 14.4 Å². The van der Waals surface area contributed by atoms with Crippen molar-refractivity contribution in [3.05, 3.63) is 89.0 Å². The van der Waals surface area contributed by atoms with Crippen LogP contribution in [0.15, 0.2) is 72.8 Å². The van der Waals surface area contributed by atoms with Crippen LogP contribution in [-0.4, -0.2) is 64.8 Å². The van der Waals surface area contributed by atoms with Crippen molar-refractivity contribution in [1.82, 2.24) is 4.90 Å². The minimum Gasteiger partial charge on any atom is -0.465 e. The van der Waals surface area contributed by atoms with Crippen molar-refractivity contribution in [2.75, 3.05) is 24.7 Å². The van der Waals surface area contributed by atoms with Crippen molar-refractivity contribution < 1.29 is 29.0 Å². The van der Waals surface area contributed by atoms with E-state index in [-0.39, 0.29) is 13.2 Å². The molecule has 1 spiro atoms. The van der Waals surface area contributed by atoms with Crippen molar-refractivity contribution in [1.29, 1.82) is 0 Å². The molecule has 0 aliphatic carbocycles. The number of rotatable bonds is 5. The first kappa shape index (κ1) is 28.6. The zero-order valence-electron chi connectivity index (χ0n) is 23.7. The number of aryl methyl sites for hydroxylation is 1. The molecule has 9 heteroatoms. The lowest BCUT2D eigenvalue weighted by Crippen LogP contribution is -2.57. The van der Waals surface area contributed by atoms with Gasteiger partial charge < -0.3 is 24.4 Å². The maximum Gasteiger partial charge on any atom is 0.313 e. The number of hydrogen-bond donors (Lipinski definition) is 1. The molecule has 1 unspecified atom stereocenters. The number of carbonyl (C=O) groups is 3. The van der Waals surface area contributed by atoms with Crippen molar-refractivity contribution in [2.45, 2.75) is 56.4 Å². The number of ether oxygens (including phenoxy) is 2.